The SMILES string of the molecule is CC(C)CNC(=O)CNCC1(CO)CCCC1. The lowest BCUT2D eigenvalue weighted by Crippen LogP contribution is -2.41. The Morgan fingerprint density at radius 3 is 2.53 bits per heavy atom. The predicted molar refractivity (Wildman–Crippen MR) is 68.7 cm³/mol. The molecule has 0 atom stereocenters. The molecule has 1 fully saturated rings. The fourth-order valence-electron chi connectivity index (χ4n) is 2.34. The van der Waals surface area contributed by atoms with Gasteiger partial charge in [-0.1, -0.05) is 26.7 Å². The number of rotatable bonds is 7. The van der Waals surface area contributed by atoms with Gasteiger partial charge in [0.15, 0.2) is 0 Å². The van der Waals surface area contributed by atoms with E-state index in [4.69, 9.17) is 0 Å². The van der Waals surface area contributed by atoms with Crippen LogP contribution in [0.1, 0.15) is 39.5 Å². The number of aliphatic hydroxyl groups is 1. The number of hydrogen-bond donors (Lipinski definition) is 3. The van der Waals surface area contributed by atoms with Gasteiger partial charge < -0.3 is 15.7 Å². The molecule has 4 nitrogen and oxygen atoms in total. The Kier molecular flexibility index (Phi) is 5.92. The monoisotopic (exact) mass is 242 g/mol. The molecule has 1 rings (SSSR count). The quantitative estimate of drug-likeness (QED) is 0.621. The van der Waals surface area contributed by atoms with Crippen molar-refractivity contribution in [2.75, 3.05) is 26.2 Å². The first-order valence-corrected chi connectivity index (χ1v) is 6.66. The third-order valence-electron chi connectivity index (χ3n) is 3.49. The first kappa shape index (κ1) is 14.5. The van der Waals surface area contributed by atoms with Gasteiger partial charge in [-0.2, -0.15) is 0 Å². The number of amides is 1. The first-order chi connectivity index (χ1) is 8.08. The van der Waals surface area contributed by atoms with E-state index in [9.17, 15) is 9.90 Å². The molecule has 0 aromatic carbocycles. The maximum Gasteiger partial charge on any atom is 0.233 e. The van der Waals surface area contributed by atoms with Gasteiger partial charge in [0.1, 0.15) is 0 Å². The van der Waals surface area contributed by atoms with Crippen molar-refractivity contribution in [3.8, 4) is 0 Å². The molecular weight excluding hydrogens is 216 g/mol. The summed E-state index contributed by atoms with van der Waals surface area (Å²) in [4.78, 5) is 11.5. The molecule has 1 saturated carbocycles. The summed E-state index contributed by atoms with van der Waals surface area (Å²) < 4.78 is 0. The van der Waals surface area contributed by atoms with Gasteiger partial charge in [0, 0.05) is 25.1 Å². The van der Waals surface area contributed by atoms with Gasteiger partial charge in [-0.05, 0) is 18.8 Å². The van der Waals surface area contributed by atoms with E-state index < -0.39 is 0 Å². The molecule has 1 aliphatic carbocycles. The van der Waals surface area contributed by atoms with E-state index in [1.54, 1.807) is 0 Å². The Hall–Kier alpha value is -0.610. The minimum absolute atomic E-state index is 0.0261. The topological polar surface area (TPSA) is 61.4 Å². The van der Waals surface area contributed by atoms with Crippen LogP contribution in [-0.2, 0) is 4.79 Å². The lowest BCUT2D eigenvalue weighted by Gasteiger charge is -2.26. The summed E-state index contributed by atoms with van der Waals surface area (Å²) >= 11 is 0. The van der Waals surface area contributed by atoms with Crippen LogP contribution >= 0.6 is 0 Å². The Bertz CT molecular complexity index is 236. The number of carbonyl (C=O) groups excluding carboxylic acids is 1. The molecule has 0 aromatic heterocycles. The van der Waals surface area contributed by atoms with E-state index in [1.807, 2.05) is 0 Å². The molecule has 0 aliphatic heterocycles. The summed E-state index contributed by atoms with van der Waals surface area (Å²) in [5, 5.41) is 15.5. The van der Waals surface area contributed by atoms with Crippen LogP contribution in [0.3, 0.4) is 0 Å². The average molecular weight is 242 g/mol. The molecule has 0 spiro atoms. The molecule has 0 unspecified atom stereocenters. The molecule has 1 aliphatic rings. The second kappa shape index (κ2) is 6.97. The largest absolute Gasteiger partial charge is 0.396 e. The molecule has 0 bridgehead atoms. The highest BCUT2D eigenvalue weighted by molar-refractivity contribution is 5.77. The van der Waals surface area contributed by atoms with Crippen molar-refractivity contribution in [2.45, 2.75) is 39.5 Å². The van der Waals surface area contributed by atoms with Crippen molar-refractivity contribution in [1.29, 1.82) is 0 Å². The minimum Gasteiger partial charge on any atom is -0.396 e. The summed E-state index contributed by atoms with van der Waals surface area (Å²) in [6.45, 7) is 6.21. The number of aliphatic hydroxyl groups excluding tert-OH is 1. The molecule has 0 heterocycles. The molecule has 3 N–H and O–H groups in total. The lowest BCUT2D eigenvalue weighted by molar-refractivity contribution is -0.120. The van der Waals surface area contributed by atoms with Crippen LogP contribution in [0.4, 0.5) is 0 Å². The van der Waals surface area contributed by atoms with Gasteiger partial charge in [0.2, 0.25) is 5.91 Å². The van der Waals surface area contributed by atoms with Crippen molar-refractivity contribution < 1.29 is 9.90 Å². The van der Waals surface area contributed by atoms with Gasteiger partial charge in [0.05, 0.1) is 6.54 Å². The van der Waals surface area contributed by atoms with Gasteiger partial charge in [0.25, 0.3) is 0 Å². The van der Waals surface area contributed by atoms with Crippen molar-refractivity contribution in [2.24, 2.45) is 11.3 Å². The van der Waals surface area contributed by atoms with Crippen LogP contribution < -0.4 is 10.6 Å². The molecular formula is C13H26N2O2. The highest BCUT2D eigenvalue weighted by Gasteiger charge is 2.32. The summed E-state index contributed by atoms with van der Waals surface area (Å²) in [5.74, 6) is 0.530. The zero-order valence-electron chi connectivity index (χ0n) is 11.1. The van der Waals surface area contributed by atoms with Gasteiger partial charge in [-0.3, -0.25) is 4.79 Å². The number of nitrogens with one attached hydrogen (secondary N) is 2. The van der Waals surface area contributed by atoms with Crippen molar-refractivity contribution in [3.05, 3.63) is 0 Å². The fourth-order valence-corrected chi connectivity index (χ4v) is 2.34. The molecule has 17 heavy (non-hydrogen) atoms. The Balaban J connectivity index is 2.16. The molecule has 0 radical (unpaired) electrons. The summed E-state index contributed by atoms with van der Waals surface area (Å²) in [5.41, 5.74) is 0.0261. The number of hydrogen-bond acceptors (Lipinski definition) is 3. The number of carbonyl (C=O) groups is 1. The van der Waals surface area contributed by atoms with Crippen molar-refractivity contribution >= 4 is 5.91 Å². The molecule has 100 valence electrons. The van der Waals surface area contributed by atoms with Crippen LogP contribution in [0.5, 0.6) is 0 Å². The standard InChI is InChI=1S/C13H26N2O2/c1-11(2)7-15-12(17)8-14-9-13(10-16)5-3-4-6-13/h11,14,16H,3-10H2,1-2H3,(H,15,17). The van der Waals surface area contributed by atoms with E-state index in [-0.39, 0.29) is 17.9 Å². The highest BCUT2D eigenvalue weighted by atomic mass is 16.3. The molecule has 0 saturated heterocycles. The second-order valence-electron chi connectivity index (χ2n) is 5.67. The highest BCUT2D eigenvalue weighted by Crippen LogP contribution is 2.36. The molecule has 4 heteroatoms. The van der Waals surface area contributed by atoms with Crippen LogP contribution in [0.25, 0.3) is 0 Å². The summed E-state index contributed by atoms with van der Waals surface area (Å²) in [6.07, 6.45) is 4.54. The van der Waals surface area contributed by atoms with Crippen LogP contribution in [0, 0.1) is 11.3 Å². The Labute approximate surface area is 104 Å². The van der Waals surface area contributed by atoms with Crippen LogP contribution in [0.15, 0.2) is 0 Å². The Morgan fingerprint density at radius 2 is 2.00 bits per heavy atom. The predicted octanol–water partition coefficient (Wildman–Crippen LogP) is 0.901. The average Bonchev–Trinajstić information content (AvgIpc) is 2.76. The summed E-state index contributed by atoms with van der Waals surface area (Å²) in [7, 11) is 0. The van der Waals surface area contributed by atoms with E-state index >= 15 is 0 Å². The van der Waals surface area contributed by atoms with Crippen LogP contribution in [-0.4, -0.2) is 37.3 Å². The summed E-state index contributed by atoms with van der Waals surface area (Å²) in [6, 6.07) is 0. The maximum absolute atomic E-state index is 11.5. The van der Waals surface area contributed by atoms with Crippen LogP contribution in [0.2, 0.25) is 0 Å². The molecule has 0 aromatic rings. The smallest absolute Gasteiger partial charge is 0.233 e. The molecule has 1 amide bonds. The zero-order chi connectivity index (χ0) is 12.7. The Morgan fingerprint density at radius 1 is 1.35 bits per heavy atom. The van der Waals surface area contributed by atoms with E-state index in [2.05, 4.69) is 24.5 Å². The van der Waals surface area contributed by atoms with Gasteiger partial charge in [-0.15, -0.1) is 0 Å². The normalized spacial score (nSPS) is 18.6. The van der Waals surface area contributed by atoms with Crippen molar-refractivity contribution in [3.63, 3.8) is 0 Å². The van der Waals surface area contributed by atoms with Gasteiger partial charge in [-0.25, -0.2) is 0 Å². The third-order valence-corrected chi connectivity index (χ3v) is 3.49. The minimum atomic E-state index is 0.0261. The third kappa shape index (κ3) is 5.04. The van der Waals surface area contributed by atoms with E-state index in [0.717, 1.165) is 25.9 Å². The van der Waals surface area contributed by atoms with E-state index in [0.29, 0.717) is 12.5 Å². The maximum atomic E-state index is 11.5. The fraction of sp³-hybridized carbons (Fsp3) is 0.923. The van der Waals surface area contributed by atoms with Crippen molar-refractivity contribution in [1.82, 2.24) is 10.6 Å². The zero-order valence-corrected chi connectivity index (χ0v) is 11.1. The second-order valence-corrected chi connectivity index (χ2v) is 5.67. The van der Waals surface area contributed by atoms with Gasteiger partial charge >= 0.3 is 0 Å². The lowest BCUT2D eigenvalue weighted by atomic mass is 9.87. The van der Waals surface area contributed by atoms with E-state index in [1.165, 1.54) is 12.8 Å². The first-order valence-electron chi connectivity index (χ1n) is 6.66.